The summed E-state index contributed by atoms with van der Waals surface area (Å²) in [5, 5.41) is 11.8. The molecule has 0 heterocycles. The number of carbonyl (C=O) groups is 2. The lowest BCUT2D eigenvalue weighted by Crippen LogP contribution is -2.39. The highest BCUT2D eigenvalue weighted by molar-refractivity contribution is 7.98. The third-order valence-corrected chi connectivity index (χ3v) is 3.85. The molecule has 1 atom stereocenters. The van der Waals surface area contributed by atoms with Gasteiger partial charge in [-0.3, -0.25) is 0 Å². The molecule has 0 fully saturated rings. The van der Waals surface area contributed by atoms with Crippen LogP contribution in [0.2, 0.25) is 0 Å². The van der Waals surface area contributed by atoms with E-state index in [1.165, 1.54) is 0 Å². The van der Waals surface area contributed by atoms with Gasteiger partial charge in [-0.05, 0) is 32.2 Å². The number of amides is 2. The second-order valence-corrected chi connectivity index (χ2v) is 5.61. The van der Waals surface area contributed by atoms with Gasteiger partial charge < -0.3 is 15.3 Å². The van der Waals surface area contributed by atoms with E-state index < -0.39 is 5.97 Å². The van der Waals surface area contributed by atoms with E-state index in [0.717, 1.165) is 11.3 Å². The Morgan fingerprint density at radius 1 is 1.45 bits per heavy atom. The minimum absolute atomic E-state index is 0.0729. The van der Waals surface area contributed by atoms with Gasteiger partial charge in [0.05, 0.1) is 11.3 Å². The zero-order chi connectivity index (χ0) is 15.3. The zero-order valence-electron chi connectivity index (χ0n) is 12.1. The van der Waals surface area contributed by atoms with Crippen LogP contribution in [-0.2, 0) is 0 Å². The van der Waals surface area contributed by atoms with E-state index in [2.05, 4.69) is 5.32 Å². The van der Waals surface area contributed by atoms with Gasteiger partial charge in [-0.1, -0.05) is 11.6 Å². The fourth-order valence-electron chi connectivity index (χ4n) is 1.70. The van der Waals surface area contributed by atoms with Crippen molar-refractivity contribution in [3.8, 4) is 0 Å². The van der Waals surface area contributed by atoms with Crippen LogP contribution in [0.25, 0.3) is 0 Å². The van der Waals surface area contributed by atoms with Gasteiger partial charge in [0.15, 0.2) is 0 Å². The molecule has 0 aliphatic carbocycles. The number of nitrogens with zero attached hydrogens (tertiary/aromatic N) is 1. The number of carboxylic acid groups (broad SMARTS) is 1. The van der Waals surface area contributed by atoms with E-state index in [4.69, 9.17) is 5.11 Å². The standard InChI is InChI=1S/C14H20N2O3S/c1-9-5-6-12(11(7-9)13(17)18)15-14(19)16(3)10(2)8-20-4/h5-7,10H,8H2,1-4H3,(H,15,19)(H,17,18). The van der Waals surface area contributed by atoms with Gasteiger partial charge in [0, 0.05) is 18.8 Å². The van der Waals surface area contributed by atoms with Crippen molar-refractivity contribution in [1.82, 2.24) is 4.90 Å². The first-order valence-corrected chi connectivity index (χ1v) is 7.63. The fraction of sp³-hybridized carbons (Fsp3) is 0.429. The van der Waals surface area contributed by atoms with Gasteiger partial charge in [0.25, 0.3) is 0 Å². The van der Waals surface area contributed by atoms with Crippen molar-refractivity contribution in [3.63, 3.8) is 0 Å². The third-order valence-electron chi connectivity index (χ3n) is 3.04. The van der Waals surface area contributed by atoms with Gasteiger partial charge in [0.1, 0.15) is 0 Å². The molecule has 0 radical (unpaired) electrons. The number of nitrogens with one attached hydrogen (secondary N) is 1. The molecule has 1 rings (SSSR count). The molecule has 20 heavy (non-hydrogen) atoms. The molecule has 2 amide bonds. The molecular weight excluding hydrogens is 276 g/mol. The maximum absolute atomic E-state index is 12.1. The van der Waals surface area contributed by atoms with Gasteiger partial charge >= 0.3 is 12.0 Å². The highest BCUT2D eigenvalue weighted by atomic mass is 32.2. The first kappa shape index (κ1) is 16.4. The summed E-state index contributed by atoms with van der Waals surface area (Å²) in [7, 11) is 1.70. The molecule has 5 nitrogen and oxygen atoms in total. The number of hydrogen-bond donors (Lipinski definition) is 2. The molecule has 0 bridgehead atoms. The van der Waals surface area contributed by atoms with Crippen molar-refractivity contribution in [2.24, 2.45) is 0 Å². The minimum atomic E-state index is -1.05. The number of benzene rings is 1. The number of hydrogen-bond acceptors (Lipinski definition) is 3. The van der Waals surface area contributed by atoms with Crippen molar-refractivity contribution in [2.45, 2.75) is 19.9 Å². The van der Waals surface area contributed by atoms with Gasteiger partial charge in [0.2, 0.25) is 0 Å². The first-order chi connectivity index (χ1) is 9.36. The predicted octanol–water partition coefficient (Wildman–Crippen LogP) is 2.91. The fourth-order valence-corrected chi connectivity index (χ4v) is 2.41. The van der Waals surface area contributed by atoms with Gasteiger partial charge in [-0.15, -0.1) is 0 Å². The monoisotopic (exact) mass is 296 g/mol. The van der Waals surface area contributed by atoms with E-state index in [0.29, 0.717) is 5.69 Å². The second kappa shape index (κ2) is 7.19. The molecule has 0 aromatic heterocycles. The topological polar surface area (TPSA) is 69.6 Å². The third kappa shape index (κ3) is 4.16. The molecule has 0 spiro atoms. The zero-order valence-corrected chi connectivity index (χ0v) is 13.0. The Morgan fingerprint density at radius 3 is 2.65 bits per heavy atom. The number of anilines is 1. The van der Waals surface area contributed by atoms with Crippen LogP contribution < -0.4 is 5.32 Å². The summed E-state index contributed by atoms with van der Waals surface area (Å²) in [6.07, 6.45) is 1.98. The maximum atomic E-state index is 12.1. The molecule has 0 saturated carbocycles. The van der Waals surface area contributed by atoms with Crippen molar-refractivity contribution >= 4 is 29.4 Å². The largest absolute Gasteiger partial charge is 0.478 e. The number of aromatic carboxylic acids is 1. The Hall–Kier alpha value is -1.69. The van der Waals surface area contributed by atoms with E-state index in [9.17, 15) is 9.59 Å². The first-order valence-electron chi connectivity index (χ1n) is 6.23. The molecule has 1 aromatic carbocycles. The Kier molecular flexibility index (Phi) is 5.88. The molecule has 110 valence electrons. The number of carbonyl (C=O) groups excluding carboxylic acids is 1. The average Bonchev–Trinajstić information content (AvgIpc) is 2.39. The summed E-state index contributed by atoms with van der Waals surface area (Å²) in [6, 6.07) is 4.70. The van der Waals surface area contributed by atoms with E-state index in [1.807, 2.05) is 20.1 Å². The Morgan fingerprint density at radius 2 is 2.10 bits per heavy atom. The van der Waals surface area contributed by atoms with Crippen molar-refractivity contribution in [2.75, 3.05) is 24.4 Å². The summed E-state index contributed by atoms with van der Waals surface area (Å²) < 4.78 is 0. The van der Waals surface area contributed by atoms with E-state index in [-0.39, 0.29) is 17.6 Å². The summed E-state index contributed by atoms with van der Waals surface area (Å²) in [5.41, 5.74) is 1.25. The Bertz CT molecular complexity index is 505. The van der Waals surface area contributed by atoms with Gasteiger partial charge in [-0.2, -0.15) is 11.8 Å². The van der Waals surface area contributed by atoms with Gasteiger partial charge in [-0.25, -0.2) is 9.59 Å². The smallest absolute Gasteiger partial charge is 0.337 e. The summed E-state index contributed by atoms with van der Waals surface area (Å²) in [5.74, 6) is -0.229. The number of aryl methyl sites for hydroxylation is 1. The molecule has 1 unspecified atom stereocenters. The SMILES string of the molecule is CSCC(C)N(C)C(=O)Nc1ccc(C)cc1C(=O)O. The normalized spacial score (nSPS) is 11.8. The van der Waals surface area contributed by atoms with Crippen LogP contribution in [0.5, 0.6) is 0 Å². The van der Waals surface area contributed by atoms with Crippen LogP contribution in [-0.4, -0.2) is 47.1 Å². The molecular formula is C14H20N2O3S. The minimum Gasteiger partial charge on any atom is -0.478 e. The predicted molar refractivity (Wildman–Crippen MR) is 82.8 cm³/mol. The second-order valence-electron chi connectivity index (χ2n) is 4.70. The van der Waals surface area contributed by atoms with E-state index >= 15 is 0 Å². The molecule has 0 saturated heterocycles. The molecule has 6 heteroatoms. The van der Waals surface area contributed by atoms with Crippen LogP contribution in [0.1, 0.15) is 22.8 Å². The lowest BCUT2D eigenvalue weighted by molar-refractivity contribution is 0.0698. The Labute approximate surface area is 123 Å². The van der Waals surface area contributed by atoms with Crippen molar-refractivity contribution in [3.05, 3.63) is 29.3 Å². The summed E-state index contributed by atoms with van der Waals surface area (Å²) in [6.45, 7) is 3.76. The lowest BCUT2D eigenvalue weighted by atomic mass is 10.1. The lowest BCUT2D eigenvalue weighted by Gasteiger charge is -2.25. The van der Waals surface area contributed by atoms with Crippen LogP contribution in [0, 0.1) is 6.92 Å². The quantitative estimate of drug-likeness (QED) is 0.876. The molecule has 1 aromatic rings. The number of urea groups is 1. The molecule has 0 aliphatic heterocycles. The van der Waals surface area contributed by atoms with Crippen molar-refractivity contribution in [1.29, 1.82) is 0 Å². The maximum Gasteiger partial charge on any atom is 0.337 e. The summed E-state index contributed by atoms with van der Waals surface area (Å²) >= 11 is 1.66. The van der Waals surface area contributed by atoms with Crippen LogP contribution in [0.3, 0.4) is 0 Å². The van der Waals surface area contributed by atoms with E-state index in [1.54, 1.807) is 41.9 Å². The summed E-state index contributed by atoms with van der Waals surface area (Å²) in [4.78, 5) is 24.9. The van der Waals surface area contributed by atoms with Crippen LogP contribution in [0.15, 0.2) is 18.2 Å². The average molecular weight is 296 g/mol. The Balaban J connectivity index is 2.88. The number of thioether (sulfide) groups is 1. The molecule has 0 aliphatic rings. The highest BCUT2D eigenvalue weighted by Gasteiger charge is 2.18. The highest BCUT2D eigenvalue weighted by Crippen LogP contribution is 2.18. The molecule has 2 N–H and O–H groups in total. The number of rotatable bonds is 5. The van der Waals surface area contributed by atoms with Crippen LogP contribution >= 0.6 is 11.8 Å². The van der Waals surface area contributed by atoms with Crippen molar-refractivity contribution < 1.29 is 14.7 Å². The number of carboxylic acids is 1. The van der Waals surface area contributed by atoms with Crippen LogP contribution in [0.4, 0.5) is 10.5 Å².